The number of aliphatic carboxylic acids is 1. The molecular weight excluding hydrogens is 330 g/mol. The van der Waals surface area contributed by atoms with Crippen molar-refractivity contribution in [1.82, 2.24) is 0 Å². The van der Waals surface area contributed by atoms with E-state index in [1.165, 1.54) is 0 Å². The number of anilines is 1. The van der Waals surface area contributed by atoms with Gasteiger partial charge in [-0.15, -0.1) is 0 Å². The van der Waals surface area contributed by atoms with Crippen molar-refractivity contribution in [2.75, 3.05) is 11.4 Å². The van der Waals surface area contributed by atoms with Crippen LogP contribution in [0.25, 0.3) is 0 Å². The number of hydrogen-bond acceptors (Lipinski definition) is 3. The maximum absolute atomic E-state index is 12.5. The Hall–Kier alpha value is -2.04. The molecule has 0 unspecified atom stereocenters. The number of fused-ring (bicyclic) bond motifs is 1. The minimum absolute atomic E-state index is 0.336. The van der Waals surface area contributed by atoms with Gasteiger partial charge >= 0.3 is 12.1 Å². The third-order valence-corrected chi connectivity index (χ3v) is 5.48. The van der Waals surface area contributed by atoms with Gasteiger partial charge in [0.15, 0.2) is 0 Å². The second kappa shape index (κ2) is 6.93. The van der Waals surface area contributed by atoms with Crippen LogP contribution in [0.1, 0.15) is 70.4 Å². The quantitative estimate of drug-likeness (QED) is 0.834. The average molecular weight is 359 g/mol. The first-order valence-corrected chi connectivity index (χ1v) is 9.60. The van der Waals surface area contributed by atoms with Crippen LogP contribution < -0.4 is 4.90 Å². The van der Waals surface area contributed by atoms with Crippen molar-refractivity contribution >= 4 is 17.7 Å². The fourth-order valence-electron chi connectivity index (χ4n) is 4.18. The molecule has 1 aliphatic heterocycles. The Kier molecular flexibility index (Phi) is 5.00. The molecule has 0 atom stereocenters. The number of benzene rings is 1. The van der Waals surface area contributed by atoms with Gasteiger partial charge in [0.05, 0.1) is 11.1 Å². The van der Waals surface area contributed by atoms with Gasteiger partial charge in [-0.05, 0) is 63.6 Å². The highest BCUT2D eigenvalue weighted by atomic mass is 16.6. The van der Waals surface area contributed by atoms with E-state index in [1.54, 1.807) is 4.90 Å². The van der Waals surface area contributed by atoms with Gasteiger partial charge in [0.2, 0.25) is 0 Å². The highest BCUT2D eigenvalue weighted by molar-refractivity contribution is 5.90. The smallest absolute Gasteiger partial charge is 0.414 e. The Bertz CT molecular complexity index is 698. The summed E-state index contributed by atoms with van der Waals surface area (Å²) in [5.74, 6) is -0.725. The molecule has 0 bridgehead atoms. The maximum Gasteiger partial charge on any atom is 0.414 e. The lowest BCUT2D eigenvalue weighted by molar-refractivity contribution is -0.145. The summed E-state index contributed by atoms with van der Waals surface area (Å²) in [6.07, 6.45) is 5.77. The summed E-state index contributed by atoms with van der Waals surface area (Å²) in [4.78, 5) is 26.3. The molecule has 1 fully saturated rings. The van der Waals surface area contributed by atoms with Crippen molar-refractivity contribution in [3.63, 3.8) is 0 Å². The Morgan fingerprint density at radius 1 is 1.12 bits per heavy atom. The number of ether oxygens (including phenoxy) is 1. The van der Waals surface area contributed by atoms with Crippen LogP contribution in [0.3, 0.4) is 0 Å². The first-order chi connectivity index (χ1) is 12.2. The van der Waals surface area contributed by atoms with Gasteiger partial charge in [-0.3, -0.25) is 9.69 Å². The average Bonchev–Trinajstić information content (AvgIpc) is 2.59. The lowest BCUT2D eigenvalue weighted by Crippen LogP contribution is -2.40. The Morgan fingerprint density at radius 2 is 1.81 bits per heavy atom. The molecule has 1 aromatic carbocycles. The lowest BCUT2D eigenvalue weighted by Gasteiger charge is -2.36. The van der Waals surface area contributed by atoms with Crippen LogP contribution in [0.2, 0.25) is 0 Å². The number of carbonyl (C=O) groups is 2. The molecule has 1 N–H and O–H groups in total. The number of nitrogens with zero attached hydrogens (tertiary/aromatic N) is 1. The van der Waals surface area contributed by atoms with Crippen molar-refractivity contribution in [2.24, 2.45) is 0 Å². The van der Waals surface area contributed by atoms with E-state index in [2.05, 4.69) is 0 Å². The van der Waals surface area contributed by atoms with Gasteiger partial charge in [0.25, 0.3) is 0 Å². The van der Waals surface area contributed by atoms with Gasteiger partial charge < -0.3 is 9.84 Å². The molecule has 1 saturated carbocycles. The number of rotatable bonds is 2. The highest BCUT2D eigenvalue weighted by Gasteiger charge is 2.42. The van der Waals surface area contributed by atoms with Crippen LogP contribution in [-0.4, -0.2) is 29.3 Å². The van der Waals surface area contributed by atoms with E-state index in [4.69, 9.17) is 4.74 Å². The number of hydrogen-bond donors (Lipinski definition) is 1. The van der Waals surface area contributed by atoms with Crippen LogP contribution in [0.5, 0.6) is 0 Å². The normalized spacial score (nSPS) is 19.6. The van der Waals surface area contributed by atoms with Crippen molar-refractivity contribution < 1.29 is 19.4 Å². The second-order valence-electron chi connectivity index (χ2n) is 8.53. The Labute approximate surface area is 155 Å². The first kappa shape index (κ1) is 18.7. The van der Waals surface area contributed by atoms with E-state index in [-0.39, 0.29) is 6.09 Å². The van der Waals surface area contributed by atoms with Crippen molar-refractivity contribution in [1.29, 1.82) is 0 Å². The lowest BCUT2D eigenvalue weighted by atomic mass is 9.69. The van der Waals surface area contributed by atoms with Gasteiger partial charge in [-0.25, -0.2) is 4.79 Å². The molecule has 1 heterocycles. The molecule has 5 heteroatoms. The summed E-state index contributed by atoms with van der Waals surface area (Å²) < 4.78 is 5.53. The van der Waals surface area contributed by atoms with E-state index in [0.29, 0.717) is 19.4 Å². The number of aryl methyl sites for hydroxylation is 1. The van der Waals surface area contributed by atoms with E-state index >= 15 is 0 Å². The molecular formula is C21H29NO4. The van der Waals surface area contributed by atoms with Gasteiger partial charge in [-0.2, -0.15) is 0 Å². The summed E-state index contributed by atoms with van der Waals surface area (Å²) >= 11 is 0. The second-order valence-corrected chi connectivity index (χ2v) is 8.53. The summed E-state index contributed by atoms with van der Waals surface area (Å²) in [5, 5.41) is 9.93. The minimum Gasteiger partial charge on any atom is -0.481 e. The number of carboxylic acid groups (broad SMARTS) is 1. The molecule has 1 amide bonds. The standard InChI is InChI=1S/C21H29NO4/c1-20(2,3)26-19(25)22-13-7-8-15-14-16(9-10-17(15)22)21(18(23)24)11-5-4-6-12-21/h9-10,14H,4-8,11-13H2,1-3H3,(H,23,24). The summed E-state index contributed by atoms with van der Waals surface area (Å²) in [5.41, 5.74) is 1.47. The van der Waals surface area contributed by atoms with Crippen molar-refractivity contribution in [2.45, 2.75) is 76.7 Å². The molecule has 0 spiro atoms. The largest absolute Gasteiger partial charge is 0.481 e. The van der Waals surface area contributed by atoms with Crippen LogP contribution >= 0.6 is 0 Å². The summed E-state index contributed by atoms with van der Waals surface area (Å²) in [6, 6.07) is 5.83. The van der Waals surface area contributed by atoms with Gasteiger partial charge in [0.1, 0.15) is 5.60 Å². The molecule has 1 aliphatic carbocycles. The minimum atomic E-state index is -0.776. The molecule has 0 aromatic heterocycles. The predicted molar refractivity (Wildman–Crippen MR) is 101 cm³/mol. The van der Waals surface area contributed by atoms with E-state index in [0.717, 1.165) is 48.9 Å². The maximum atomic E-state index is 12.5. The topological polar surface area (TPSA) is 66.8 Å². The number of amides is 1. The molecule has 0 saturated heterocycles. The van der Waals surface area contributed by atoms with E-state index in [1.807, 2.05) is 39.0 Å². The number of carbonyl (C=O) groups excluding carboxylic acids is 1. The molecule has 5 nitrogen and oxygen atoms in total. The fourth-order valence-corrected chi connectivity index (χ4v) is 4.18. The zero-order valence-electron chi connectivity index (χ0n) is 16.0. The SMILES string of the molecule is CC(C)(C)OC(=O)N1CCCc2cc(C3(C(=O)O)CCCCC3)ccc21. The van der Waals surface area contributed by atoms with Crippen LogP contribution in [0.4, 0.5) is 10.5 Å². The van der Waals surface area contributed by atoms with Gasteiger partial charge in [0, 0.05) is 6.54 Å². The summed E-state index contributed by atoms with van der Waals surface area (Å²) in [6.45, 7) is 6.21. The highest BCUT2D eigenvalue weighted by Crippen LogP contribution is 2.42. The molecule has 1 aromatic rings. The predicted octanol–water partition coefficient (Wildman–Crippen LogP) is 4.66. The van der Waals surface area contributed by atoms with Crippen LogP contribution in [0.15, 0.2) is 18.2 Å². The third kappa shape index (κ3) is 3.57. The molecule has 142 valence electrons. The van der Waals surface area contributed by atoms with Crippen molar-refractivity contribution in [3.05, 3.63) is 29.3 Å². The summed E-state index contributed by atoms with van der Waals surface area (Å²) in [7, 11) is 0. The zero-order valence-corrected chi connectivity index (χ0v) is 16.0. The van der Waals surface area contributed by atoms with E-state index in [9.17, 15) is 14.7 Å². The van der Waals surface area contributed by atoms with E-state index < -0.39 is 17.0 Å². The first-order valence-electron chi connectivity index (χ1n) is 9.60. The third-order valence-electron chi connectivity index (χ3n) is 5.48. The van der Waals surface area contributed by atoms with Crippen molar-refractivity contribution in [3.8, 4) is 0 Å². The molecule has 2 aliphatic rings. The monoisotopic (exact) mass is 359 g/mol. The Morgan fingerprint density at radius 3 is 2.42 bits per heavy atom. The molecule has 0 radical (unpaired) electrons. The van der Waals surface area contributed by atoms with Crippen LogP contribution in [0, 0.1) is 0 Å². The molecule has 26 heavy (non-hydrogen) atoms. The zero-order chi connectivity index (χ0) is 18.9. The Balaban J connectivity index is 1.93. The van der Waals surface area contributed by atoms with Gasteiger partial charge in [-0.1, -0.05) is 31.4 Å². The fraction of sp³-hybridized carbons (Fsp3) is 0.619. The number of carboxylic acids is 1. The molecule has 3 rings (SSSR count). The van der Waals surface area contributed by atoms with Crippen LogP contribution in [-0.2, 0) is 21.4 Å².